The first-order valence-corrected chi connectivity index (χ1v) is 6.22. The molecule has 1 atom stereocenters. The van der Waals surface area contributed by atoms with Crippen LogP contribution in [-0.2, 0) is 9.53 Å². The van der Waals surface area contributed by atoms with Gasteiger partial charge in [0.25, 0.3) is 0 Å². The first-order chi connectivity index (χ1) is 7.61. The quantitative estimate of drug-likeness (QED) is 0.735. The molecule has 0 aromatic rings. The lowest BCUT2D eigenvalue weighted by molar-refractivity contribution is -0.123. The zero-order chi connectivity index (χ0) is 12.0. The van der Waals surface area contributed by atoms with Crippen molar-refractivity contribution in [3.05, 3.63) is 0 Å². The number of nitrogens with one attached hydrogen (secondary N) is 1. The van der Waals surface area contributed by atoms with E-state index in [1.807, 2.05) is 13.8 Å². The van der Waals surface area contributed by atoms with Crippen LogP contribution in [0.3, 0.4) is 0 Å². The van der Waals surface area contributed by atoms with Gasteiger partial charge in [0, 0.05) is 19.8 Å². The van der Waals surface area contributed by atoms with Gasteiger partial charge >= 0.3 is 0 Å². The zero-order valence-corrected chi connectivity index (χ0v) is 10.4. The van der Waals surface area contributed by atoms with Crippen molar-refractivity contribution in [3.8, 4) is 0 Å². The van der Waals surface area contributed by atoms with Crippen LogP contribution >= 0.6 is 0 Å². The van der Waals surface area contributed by atoms with E-state index in [9.17, 15) is 4.79 Å². The van der Waals surface area contributed by atoms with Crippen LogP contribution in [0.15, 0.2) is 0 Å². The maximum Gasteiger partial charge on any atom is 0.237 e. The van der Waals surface area contributed by atoms with Crippen molar-refractivity contribution >= 4 is 5.91 Å². The summed E-state index contributed by atoms with van der Waals surface area (Å²) in [5, 5.41) is 2.91. The lowest BCUT2D eigenvalue weighted by atomic mass is 9.96. The van der Waals surface area contributed by atoms with Crippen LogP contribution in [0.5, 0.6) is 0 Å². The SMILES string of the molecule is CC(C)[C@H](N)C(=O)NCCC1CCOCC1. The van der Waals surface area contributed by atoms with E-state index in [0.717, 1.165) is 39.0 Å². The number of ether oxygens (including phenoxy) is 1. The Hall–Kier alpha value is -0.610. The summed E-state index contributed by atoms with van der Waals surface area (Å²) in [4.78, 5) is 11.6. The number of amides is 1. The molecule has 0 radical (unpaired) electrons. The van der Waals surface area contributed by atoms with Crippen molar-refractivity contribution in [2.24, 2.45) is 17.6 Å². The molecule has 4 nitrogen and oxygen atoms in total. The lowest BCUT2D eigenvalue weighted by Crippen LogP contribution is -2.44. The molecule has 1 heterocycles. The van der Waals surface area contributed by atoms with Crippen LogP contribution in [0.4, 0.5) is 0 Å². The number of hydrogen-bond acceptors (Lipinski definition) is 3. The van der Waals surface area contributed by atoms with Gasteiger partial charge in [0.15, 0.2) is 0 Å². The highest BCUT2D eigenvalue weighted by Crippen LogP contribution is 2.17. The zero-order valence-electron chi connectivity index (χ0n) is 10.4. The minimum atomic E-state index is -0.380. The summed E-state index contributed by atoms with van der Waals surface area (Å²) in [5.41, 5.74) is 5.75. The largest absolute Gasteiger partial charge is 0.381 e. The van der Waals surface area contributed by atoms with Crippen LogP contribution < -0.4 is 11.1 Å². The Morgan fingerprint density at radius 1 is 1.44 bits per heavy atom. The minimum absolute atomic E-state index is 0.0259. The Balaban J connectivity index is 2.12. The molecule has 0 aromatic heterocycles. The molecule has 1 aliphatic rings. The van der Waals surface area contributed by atoms with Crippen molar-refractivity contribution in [3.63, 3.8) is 0 Å². The van der Waals surface area contributed by atoms with Gasteiger partial charge in [-0.05, 0) is 31.1 Å². The maximum atomic E-state index is 11.6. The summed E-state index contributed by atoms with van der Waals surface area (Å²) in [7, 11) is 0. The average Bonchev–Trinajstić information content (AvgIpc) is 2.29. The van der Waals surface area contributed by atoms with Gasteiger partial charge in [-0.25, -0.2) is 0 Å². The molecule has 1 amide bonds. The second-order valence-corrected chi connectivity index (χ2v) is 4.91. The molecule has 0 aliphatic carbocycles. The third-order valence-corrected chi connectivity index (χ3v) is 3.21. The van der Waals surface area contributed by atoms with Crippen LogP contribution in [-0.4, -0.2) is 31.7 Å². The summed E-state index contributed by atoms with van der Waals surface area (Å²) in [5.74, 6) is 0.870. The summed E-state index contributed by atoms with van der Waals surface area (Å²) in [6, 6.07) is -0.380. The van der Waals surface area contributed by atoms with Crippen molar-refractivity contribution in [2.75, 3.05) is 19.8 Å². The first kappa shape index (κ1) is 13.5. The Labute approximate surface area is 97.9 Å². The molecule has 0 bridgehead atoms. The van der Waals surface area contributed by atoms with Gasteiger partial charge in [-0.15, -0.1) is 0 Å². The molecule has 0 aromatic carbocycles. The predicted molar refractivity (Wildman–Crippen MR) is 64.0 cm³/mol. The molecule has 1 saturated heterocycles. The molecule has 1 rings (SSSR count). The lowest BCUT2D eigenvalue weighted by Gasteiger charge is -2.22. The first-order valence-electron chi connectivity index (χ1n) is 6.22. The number of nitrogens with two attached hydrogens (primary N) is 1. The Morgan fingerprint density at radius 3 is 2.62 bits per heavy atom. The van der Waals surface area contributed by atoms with E-state index in [1.165, 1.54) is 0 Å². The second-order valence-electron chi connectivity index (χ2n) is 4.91. The van der Waals surface area contributed by atoms with Crippen molar-refractivity contribution in [2.45, 2.75) is 39.2 Å². The smallest absolute Gasteiger partial charge is 0.237 e. The molecule has 3 N–H and O–H groups in total. The highest BCUT2D eigenvalue weighted by atomic mass is 16.5. The van der Waals surface area contributed by atoms with Crippen LogP contribution in [0, 0.1) is 11.8 Å². The normalized spacial score (nSPS) is 19.8. The standard InChI is InChI=1S/C12H24N2O2/c1-9(2)11(13)12(15)14-6-3-10-4-7-16-8-5-10/h9-11H,3-8,13H2,1-2H3,(H,14,15)/t11-/m0/s1. The van der Waals surface area contributed by atoms with Gasteiger partial charge in [0.2, 0.25) is 5.91 Å². The van der Waals surface area contributed by atoms with E-state index in [4.69, 9.17) is 10.5 Å². The molecule has 0 spiro atoms. The van der Waals surface area contributed by atoms with Crippen molar-refractivity contribution in [1.29, 1.82) is 0 Å². The molecule has 4 heteroatoms. The molecule has 1 fully saturated rings. The van der Waals surface area contributed by atoms with Crippen LogP contribution in [0.25, 0.3) is 0 Å². The predicted octanol–water partition coefficient (Wildman–Crippen LogP) is 0.903. The molecule has 0 unspecified atom stereocenters. The topological polar surface area (TPSA) is 64.4 Å². The molecule has 1 aliphatic heterocycles. The Kier molecular flexibility index (Phi) is 5.77. The highest BCUT2D eigenvalue weighted by Gasteiger charge is 2.18. The van der Waals surface area contributed by atoms with E-state index in [-0.39, 0.29) is 17.9 Å². The summed E-state index contributed by atoms with van der Waals surface area (Å²) < 4.78 is 5.29. The van der Waals surface area contributed by atoms with E-state index >= 15 is 0 Å². The van der Waals surface area contributed by atoms with E-state index in [0.29, 0.717) is 5.92 Å². The highest BCUT2D eigenvalue weighted by molar-refractivity contribution is 5.81. The van der Waals surface area contributed by atoms with Crippen molar-refractivity contribution in [1.82, 2.24) is 5.32 Å². The monoisotopic (exact) mass is 228 g/mol. The fourth-order valence-electron chi connectivity index (χ4n) is 1.86. The van der Waals surface area contributed by atoms with Gasteiger partial charge in [-0.3, -0.25) is 4.79 Å². The fourth-order valence-corrected chi connectivity index (χ4v) is 1.86. The molecular weight excluding hydrogens is 204 g/mol. The summed E-state index contributed by atoms with van der Waals surface area (Å²) in [6.07, 6.45) is 3.28. The van der Waals surface area contributed by atoms with Gasteiger partial charge in [0.1, 0.15) is 0 Å². The molecule has 16 heavy (non-hydrogen) atoms. The number of carbonyl (C=O) groups is 1. The maximum absolute atomic E-state index is 11.6. The van der Waals surface area contributed by atoms with Crippen LogP contribution in [0.1, 0.15) is 33.1 Å². The van der Waals surface area contributed by atoms with Gasteiger partial charge in [-0.2, -0.15) is 0 Å². The third kappa shape index (κ3) is 4.49. The third-order valence-electron chi connectivity index (χ3n) is 3.21. The van der Waals surface area contributed by atoms with E-state index in [1.54, 1.807) is 0 Å². The Bertz CT molecular complexity index is 213. The summed E-state index contributed by atoms with van der Waals surface area (Å²) in [6.45, 7) is 6.39. The van der Waals surface area contributed by atoms with E-state index in [2.05, 4.69) is 5.32 Å². The number of hydrogen-bond donors (Lipinski definition) is 2. The van der Waals surface area contributed by atoms with Crippen molar-refractivity contribution < 1.29 is 9.53 Å². The number of carbonyl (C=O) groups excluding carboxylic acids is 1. The number of rotatable bonds is 5. The summed E-state index contributed by atoms with van der Waals surface area (Å²) >= 11 is 0. The van der Waals surface area contributed by atoms with Gasteiger partial charge in [-0.1, -0.05) is 13.8 Å². The second kappa shape index (κ2) is 6.86. The Morgan fingerprint density at radius 2 is 2.06 bits per heavy atom. The van der Waals surface area contributed by atoms with Gasteiger partial charge < -0.3 is 15.8 Å². The fraction of sp³-hybridized carbons (Fsp3) is 0.917. The van der Waals surface area contributed by atoms with Gasteiger partial charge in [0.05, 0.1) is 6.04 Å². The molecular formula is C12H24N2O2. The minimum Gasteiger partial charge on any atom is -0.381 e. The molecule has 94 valence electrons. The average molecular weight is 228 g/mol. The molecule has 0 saturated carbocycles. The van der Waals surface area contributed by atoms with E-state index < -0.39 is 0 Å². The van der Waals surface area contributed by atoms with Crippen LogP contribution in [0.2, 0.25) is 0 Å².